The van der Waals surface area contributed by atoms with Crippen molar-refractivity contribution < 1.29 is 0 Å². The Morgan fingerprint density at radius 3 is 2.31 bits per heavy atom. The highest BCUT2D eigenvalue weighted by molar-refractivity contribution is 9.09. The fourth-order valence-corrected chi connectivity index (χ4v) is 2.45. The van der Waals surface area contributed by atoms with Gasteiger partial charge >= 0.3 is 0 Å². The number of hydrogen-bond acceptors (Lipinski definition) is 1. The first-order valence-corrected chi connectivity index (χ1v) is 6.59. The normalized spacial score (nSPS) is 33.2. The van der Waals surface area contributed by atoms with Gasteiger partial charge in [0.2, 0.25) is 0 Å². The van der Waals surface area contributed by atoms with Gasteiger partial charge < -0.3 is 0 Å². The van der Waals surface area contributed by atoms with Gasteiger partial charge in [0.05, 0.1) is 0 Å². The largest absolute Gasteiger partial charge is 0.298 e. The second-order valence-corrected chi connectivity index (χ2v) is 5.23. The van der Waals surface area contributed by atoms with E-state index in [1.54, 1.807) is 0 Å². The minimum atomic E-state index is 0.781. The molecule has 1 heterocycles. The Kier molecular flexibility index (Phi) is 4.74. The van der Waals surface area contributed by atoms with Gasteiger partial charge in [-0.3, -0.25) is 4.90 Å². The minimum absolute atomic E-state index is 0.781. The van der Waals surface area contributed by atoms with E-state index >= 15 is 0 Å². The molecule has 1 fully saturated rings. The van der Waals surface area contributed by atoms with Crippen LogP contribution < -0.4 is 0 Å². The second kappa shape index (κ2) is 5.35. The van der Waals surface area contributed by atoms with Crippen LogP contribution in [0.1, 0.15) is 40.0 Å². The van der Waals surface area contributed by atoms with Crippen LogP contribution in [0.15, 0.2) is 0 Å². The molecule has 0 N–H and O–H groups in total. The average Bonchev–Trinajstić information content (AvgIpc) is 2.11. The summed E-state index contributed by atoms with van der Waals surface area (Å²) >= 11 is 3.55. The van der Waals surface area contributed by atoms with Crippen molar-refractivity contribution in [2.45, 2.75) is 52.1 Å². The monoisotopic (exact) mass is 247 g/mol. The highest BCUT2D eigenvalue weighted by atomic mass is 79.9. The molecule has 13 heavy (non-hydrogen) atoms. The molecule has 0 radical (unpaired) electrons. The molecular formula is C11H22BrN. The lowest BCUT2D eigenvalue weighted by molar-refractivity contribution is 0.0907. The molecule has 1 aliphatic heterocycles. The number of alkyl halides is 1. The summed E-state index contributed by atoms with van der Waals surface area (Å²) in [5.41, 5.74) is 0. The van der Waals surface area contributed by atoms with Crippen molar-refractivity contribution in [3.8, 4) is 0 Å². The Hall–Kier alpha value is 0.440. The molecule has 3 atom stereocenters. The van der Waals surface area contributed by atoms with Gasteiger partial charge in [-0.25, -0.2) is 0 Å². The first-order valence-electron chi connectivity index (χ1n) is 5.46. The third-order valence-electron chi connectivity index (χ3n) is 3.16. The summed E-state index contributed by atoms with van der Waals surface area (Å²) in [5.74, 6) is 0.781. The van der Waals surface area contributed by atoms with Gasteiger partial charge in [-0.2, -0.15) is 0 Å². The number of nitrogens with zero attached hydrogens (tertiary/aromatic N) is 1. The summed E-state index contributed by atoms with van der Waals surface area (Å²) in [6.07, 6.45) is 4.19. The Labute approximate surface area is 91.0 Å². The van der Waals surface area contributed by atoms with Crippen LogP contribution in [0.4, 0.5) is 0 Å². The quantitative estimate of drug-likeness (QED) is 0.693. The minimum Gasteiger partial charge on any atom is -0.298 e. The van der Waals surface area contributed by atoms with Crippen molar-refractivity contribution in [3.63, 3.8) is 0 Å². The molecule has 0 aromatic heterocycles. The number of piperidine rings is 1. The summed E-state index contributed by atoms with van der Waals surface area (Å²) in [5, 5.41) is 1.13. The average molecular weight is 248 g/mol. The molecule has 0 amide bonds. The molecule has 78 valence electrons. The molecule has 0 aliphatic carbocycles. The zero-order valence-corrected chi connectivity index (χ0v) is 10.7. The first kappa shape index (κ1) is 11.5. The highest BCUT2D eigenvalue weighted by Crippen LogP contribution is 2.23. The van der Waals surface area contributed by atoms with E-state index in [4.69, 9.17) is 0 Å². The van der Waals surface area contributed by atoms with E-state index in [1.807, 2.05) is 0 Å². The van der Waals surface area contributed by atoms with E-state index < -0.39 is 0 Å². The van der Waals surface area contributed by atoms with E-state index in [9.17, 15) is 0 Å². The molecule has 0 bridgehead atoms. The number of halogens is 1. The van der Waals surface area contributed by atoms with Crippen molar-refractivity contribution >= 4 is 15.9 Å². The lowest BCUT2D eigenvalue weighted by Gasteiger charge is -2.40. The van der Waals surface area contributed by atoms with Crippen molar-refractivity contribution in [1.82, 2.24) is 4.90 Å². The van der Waals surface area contributed by atoms with Crippen LogP contribution in [0.3, 0.4) is 0 Å². The van der Waals surface area contributed by atoms with Gasteiger partial charge in [0, 0.05) is 24.0 Å². The molecule has 2 heteroatoms. The van der Waals surface area contributed by atoms with E-state index in [1.165, 1.54) is 25.8 Å². The van der Waals surface area contributed by atoms with Crippen LogP contribution in [-0.4, -0.2) is 28.9 Å². The lowest BCUT2D eigenvalue weighted by Crippen LogP contribution is -2.45. The van der Waals surface area contributed by atoms with E-state index in [0.29, 0.717) is 0 Å². The zero-order valence-electron chi connectivity index (χ0n) is 9.09. The molecular weight excluding hydrogens is 226 g/mol. The van der Waals surface area contributed by atoms with Crippen molar-refractivity contribution in [3.05, 3.63) is 0 Å². The van der Waals surface area contributed by atoms with Gasteiger partial charge in [0.15, 0.2) is 0 Å². The van der Waals surface area contributed by atoms with Gasteiger partial charge in [0.1, 0.15) is 0 Å². The smallest absolute Gasteiger partial charge is 0.00698 e. The maximum atomic E-state index is 3.55. The molecule has 0 spiro atoms. The van der Waals surface area contributed by atoms with E-state index in [0.717, 1.165) is 23.3 Å². The van der Waals surface area contributed by atoms with Gasteiger partial charge in [-0.1, -0.05) is 29.3 Å². The standard InChI is InChI=1S/C11H22BrN/c1-9(7-12)8-13-10(2)5-4-6-11(13)3/h9-11H,4-8H2,1-3H3/t9?,10-,11+. The summed E-state index contributed by atoms with van der Waals surface area (Å²) < 4.78 is 0. The SMILES string of the molecule is CC(CBr)CN1[C@H](C)CCC[C@@H]1C. The molecule has 0 aromatic carbocycles. The van der Waals surface area contributed by atoms with Crippen LogP contribution in [-0.2, 0) is 0 Å². The summed E-state index contributed by atoms with van der Waals surface area (Å²) in [7, 11) is 0. The lowest BCUT2D eigenvalue weighted by atomic mass is 9.96. The molecule has 1 nitrogen and oxygen atoms in total. The molecule has 1 rings (SSSR count). The second-order valence-electron chi connectivity index (χ2n) is 4.59. The fraction of sp³-hybridized carbons (Fsp3) is 1.00. The Morgan fingerprint density at radius 2 is 1.85 bits per heavy atom. The summed E-state index contributed by atoms with van der Waals surface area (Å²) in [6, 6.07) is 1.59. The summed E-state index contributed by atoms with van der Waals surface area (Å²) in [4.78, 5) is 2.68. The van der Waals surface area contributed by atoms with Crippen LogP contribution in [0.2, 0.25) is 0 Å². The number of likely N-dealkylation sites (tertiary alicyclic amines) is 1. The van der Waals surface area contributed by atoms with Gasteiger partial charge in [-0.05, 0) is 32.6 Å². The van der Waals surface area contributed by atoms with Crippen LogP contribution >= 0.6 is 15.9 Å². The predicted octanol–water partition coefficient (Wildman–Crippen LogP) is 3.28. The Bertz CT molecular complexity index is 139. The van der Waals surface area contributed by atoms with Crippen LogP contribution in [0.5, 0.6) is 0 Å². The maximum absolute atomic E-state index is 3.55. The third-order valence-corrected chi connectivity index (χ3v) is 4.27. The molecule has 0 aromatic rings. The van der Waals surface area contributed by atoms with Gasteiger partial charge in [0.25, 0.3) is 0 Å². The van der Waals surface area contributed by atoms with Crippen molar-refractivity contribution in [2.24, 2.45) is 5.92 Å². The molecule has 1 saturated heterocycles. The third kappa shape index (κ3) is 3.25. The highest BCUT2D eigenvalue weighted by Gasteiger charge is 2.25. The number of hydrogen-bond donors (Lipinski definition) is 0. The zero-order chi connectivity index (χ0) is 9.84. The van der Waals surface area contributed by atoms with Crippen LogP contribution in [0.25, 0.3) is 0 Å². The van der Waals surface area contributed by atoms with E-state index in [2.05, 4.69) is 41.6 Å². The predicted molar refractivity (Wildman–Crippen MR) is 62.4 cm³/mol. The van der Waals surface area contributed by atoms with E-state index in [-0.39, 0.29) is 0 Å². The van der Waals surface area contributed by atoms with Crippen molar-refractivity contribution in [1.29, 1.82) is 0 Å². The van der Waals surface area contributed by atoms with Crippen molar-refractivity contribution in [2.75, 3.05) is 11.9 Å². The fourth-order valence-electron chi connectivity index (χ4n) is 2.24. The Balaban J connectivity index is 2.43. The molecule has 1 unspecified atom stereocenters. The molecule has 1 aliphatic rings. The first-order chi connectivity index (χ1) is 6.15. The Morgan fingerprint density at radius 1 is 1.31 bits per heavy atom. The topological polar surface area (TPSA) is 3.24 Å². The van der Waals surface area contributed by atoms with Gasteiger partial charge in [-0.15, -0.1) is 0 Å². The molecule has 0 saturated carbocycles. The number of rotatable bonds is 3. The summed E-state index contributed by atoms with van der Waals surface area (Å²) in [6.45, 7) is 8.32. The maximum Gasteiger partial charge on any atom is 0.00698 e. The van der Waals surface area contributed by atoms with Crippen LogP contribution in [0, 0.1) is 5.92 Å².